The molecule has 2 heterocycles. The molecule has 0 aliphatic rings. The molecule has 114 valence electrons. The van der Waals surface area contributed by atoms with E-state index in [2.05, 4.69) is 36.4 Å². The van der Waals surface area contributed by atoms with E-state index in [4.69, 9.17) is 0 Å². The summed E-state index contributed by atoms with van der Waals surface area (Å²) in [5, 5.41) is 11.6. The highest BCUT2D eigenvalue weighted by Crippen LogP contribution is 2.16. The number of hydrogen-bond acceptors (Lipinski definition) is 5. The molecule has 7 nitrogen and oxygen atoms in total. The summed E-state index contributed by atoms with van der Waals surface area (Å²) in [6.45, 7) is 5.34. The number of nitrogens with one attached hydrogen (secondary N) is 1. The molecule has 0 radical (unpaired) electrons. The molecule has 0 aliphatic carbocycles. The maximum Gasteiger partial charge on any atom is 0.283 e. The first-order valence-corrected chi connectivity index (χ1v) is 7.60. The Morgan fingerprint density at radius 2 is 2.19 bits per heavy atom. The minimum absolute atomic E-state index is 0.121. The average molecular weight is 355 g/mol. The van der Waals surface area contributed by atoms with Crippen LogP contribution in [0, 0.1) is 5.92 Å². The third-order valence-electron chi connectivity index (χ3n) is 2.83. The lowest BCUT2D eigenvalue weighted by atomic mass is 10.2. The zero-order valence-electron chi connectivity index (χ0n) is 12.4. The molecule has 0 saturated carbocycles. The molecule has 1 N–H and O–H groups in total. The molecule has 2 aromatic heterocycles. The molecule has 0 fully saturated rings. The van der Waals surface area contributed by atoms with Crippen LogP contribution in [0.2, 0.25) is 0 Å². The number of anilines is 1. The van der Waals surface area contributed by atoms with E-state index in [1.807, 2.05) is 20.9 Å². The highest BCUT2D eigenvalue weighted by Gasteiger charge is 2.09. The highest BCUT2D eigenvalue weighted by molar-refractivity contribution is 9.10. The second-order valence-corrected chi connectivity index (χ2v) is 6.06. The molecule has 0 bridgehead atoms. The van der Waals surface area contributed by atoms with E-state index in [-0.39, 0.29) is 5.56 Å². The van der Waals surface area contributed by atoms with E-state index in [9.17, 15) is 4.79 Å². The normalized spacial score (nSPS) is 11.1. The summed E-state index contributed by atoms with van der Waals surface area (Å²) in [7, 11) is 1.83. The van der Waals surface area contributed by atoms with Crippen molar-refractivity contribution >= 4 is 21.6 Å². The summed E-state index contributed by atoms with van der Waals surface area (Å²) >= 11 is 3.34. The molecular formula is C13H19BrN6O. The Morgan fingerprint density at radius 1 is 1.43 bits per heavy atom. The lowest BCUT2D eigenvalue weighted by Crippen LogP contribution is -2.26. The fraction of sp³-hybridized carbons (Fsp3) is 0.538. The number of halogens is 1. The van der Waals surface area contributed by atoms with Crippen LogP contribution in [0.3, 0.4) is 0 Å². The van der Waals surface area contributed by atoms with E-state index < -0.39 is 0 Å². The Morgan fingerprint density at radius 3 is 2.81 bits per heavy atom. The topological polar surface area (TPSA) is 77.6 Å². The predicted molar refractivity (Wildman–Crippen MR) is 84.2 cm³/mol. The van der Waals surface area contributed by atoms with Gasteiger partial charge in [0.25, 0.3) is 5.56 Å². The van der Waals surface area contributed by atoms with Gasteiger partial charge in [-0.15, -0.1) is 0 Å². The van der Waals surface area contributed by atoms with Crippen LogP contribution in [-0.2, 0) is 20.0 Å². The van der Waals surface area contributed by atoms with Crippen molar-refractivity contribution in [2.45, 2.75) is 26.8 Å². The van der Waals surface area contributed by atoms with Crippen LogP contribution < -0.4 is 10.9 Å². The van der Waals surface area contributed by atoms with Crippen molar-refractivity contribution in [3.63, 3.8) is 0 Å². The molecule has 0 unspecified atom stereocenters. The molecule has 0 amide bonds. The minimum atomic E-state index is -0.121. The molecule has 2 rings (SSSR count). The predicted octanol–water partition coefficient (Wildman–Crippen LogP) is 1.44. The SMILES string of the molecule is CC(C)Cn1ncc(NCCc2ncn(C)n2)c(Br)c1=O. The maximum atomic E-state index is 12.1. The van der Waals surface area contributed by atoms with Gasteiger partial charge in [-0.05, 0) is 21.8 Å². The van der Waals surface area contributed by atoms with Gasteiger partial charge in [0.05, 0.1) is 11.9 Å². The zero-order chi connectivity index (χ0) is 15.4. The Kier molecular flexibility index (Phi) is 5.11. The average Bonchev–Trinajstić information content (AvgIpc) is 2.83. The Labute approximate surface area is 131 Å². The van der Waals surface area contributed by atoms with E-state index in [0.717, 1.165) is 5.82 Å². The summed E-state index contributed by atoms with van der Waals surface area (Å²) in [6.07, 6.45) is 4.02. The van der Waals surface area contributed by atoms with Crippen molar-refractivity contribution < 1.29 is 0 Å². The third-order valence-corrected chi connectivity index (χ3v) is 3.60. The van der Waals surface area contributed by atoms with Gasteiger partial charge < -0.3 is 5.32 Å². The zero-order valence-corrected chi connectivity index (χ0v) is 14.0. The number of aromatic nitrogens is 5. The smallest absolute Gasteiger partial charge is 0.283 e. The quantitative estimate of drug-likeness (QED) is 0.849. The summed E-state index contributed by atoms with van der Waals surface area (Å²) in [5.41, 5.74) is 0.570. The Hall–Kier alpha value is -1.70. The third kappa shape index (κ3) is 4.13. The first-order valence-electron chi connectivity index (χ1n) is 6.81. The Bertz CT molecular complexity index is 663. The fourth-order valence-electron chi connectivity index (χ4n) is 1.87. The number of rotatable bonds is 6. The van der Waals surface area contributed by atoms with Crippen LogP contribution in [0.1, 0.15) is 19.7 Å². The van der Waals surface area contributed by atoms with Gasteiger partial charge in [0, 0.05) is 26.6 Å². The van der Waals surface area contributed by atoms with Gasteiger partial charge in [-0.3, -0.25) is 9.48 Å². The van der Waals surface area contributed by atoms with Gasteiger partial charge in [0.1, 0.15) is 10.8 Å². The van der Waals surface area contributed by atoms with Gasteiger partial charge >= 0.3 is 0 Å². The molecular weight excluding hydrogens is 336 g/mol. The molecule has 8 heteroatoms. The summed E-state index contributed by atoms with van der Waals surface area (Å²) in [6, 6.07) is 0. The molecule has 2 aromatic rings. The van der Waals surface area contributed by atoms with Crippen molar-refractivity contribution in [1.82, 2.24) is 24.5 Å². The van der Waals surface area contributed by atoms with Gasteiger partial charge in [0.15, 0.2) is 5.82 Å². The number of nitrogens with zero attached hydrogens (tertiary/aromatic N) is 5. The minimum Gasteiger partial charge on any atom is -0.382 e. The highest BCUT2D eigenvalue weighted by atomic mass is 79.9. The molecule has 0 saturated heterocycles. The summed E-state index contributed by atoms with van der Waals surface area (Å²) in [4.78, 5) is 16.3. The van der Waals surface area contributed by atoms with Crippen molar-refractivity contribution in [3.05, 3.63) is 33.2 Å². The van der Waals surface area contributed by atoms with Crippen LogP contribution >= 0.6 is 15.9 Å². The van der Waals surface area contributed by atoms with Crippen LogP contribution in [0.15, 0.2) is 21.8 Å². The van der Waals surface area contributed by atoms with Crippen molar-refractivity contribution in [2.75, 3.05) is 11.9 Å². The van der Waals surface area contributed by atoms with Gasteiger partial charge in [-0.2, -0.15) is 10.2 Å². The summed E-state index contributed by atoms with van der Waals surface area (Å²) in [5.74, 6) is 1.14. The largest absolute Gasteiger partial charge is 0.382 e. The molecule has 0 aliphatic heterocycles. The van der Waals surface area contributed by atoms with Crippen LogP contribution in [-0.4, -0.2) is 31.1 Å². The van der Waals surface area contributed by atoms with Crippen LogP contribution in [0.5, 0.6) is 0 Å². The van der Waals surface area contributed by atoms with Gasteiger partial charge in [0.2, 0.25) is 0 Å². The molecule has 0 aromatic carbocycles. The lowest BCUT2D eigenvalue weighted by Gasteiger charge is -2.11. The van der Waals surface area contributed by atoms with Gasteiger partial charge in [-0.1, -0.05) is 13.8 Å². The van der Waals surface area contributed by atoms with Crippen molar-refractivity contribution in [3.8, 4) is 0 Å². The van der Waals surface area contributed by atoms with E-state index in [1.54, 1.807) is 17.2 Å². The van der Waals surface area contributed by atoms with E-state index in [1.165, 1.54) is 4.68 Å². The van der Waals surface area contributed by atoms with E-state index in [0.29, 0.717) is 35.6 Å². The number of hydrogen-bond donors (Lipinski definition) is 1. The van der Waals surface area contributed by atoms with E-state index >= 15 is 0 Å². The second-order valence-electron chi connectivity index (χ2n) is 5.26. The Balaban J connectivity index is 2.00. The first kappa shape index (κ1) is 15.7. The standard InChI is InChI=1S/C13H19BrN6O/c1-9(2)7-20-13(21)12(14)10(6-17-20)15-5-4-11-16-8-19(3)18-11/h6,8-9,15H,4-5,7H2,1-3H3. The van der Waals surface area contributed by atoms with Crippen molar-refractivity contribution in [2.24, 2.45) is 13.0 Å². The van der Waals surface area contributed by atoms with Crippen LogP contribution in [0.25, 0.3) is 0 Å². The monoisotopic (exact) mass is 354 g/mol. The summed E-state index contributed by atoms with van der Waals surface area (Å²) < 4.78 is 3.65. The molecule has 0 atom stereocenters. The molecule has 21 heavy (non-hydrogen) atoms. The maximum absolute atomic E-state index is 12.1. The first-order chi connectivity index (χ1) is 9.97. The lowest BCUT2D eigenvalue weighted by molar-refractivity contribution is 0.462. The van der Waals surface area contributed by atoms with Crippen molar-refractivity contribution in [1.29, 1.82) is 0 Å². The second kappa shape index (κ2) is 6.84. The van der Waals surface area contributed by atoms with Crippen LogP contribution in [0.4, 0.5) is 5.69 Å². The number of aryl methyl sites for hydroxylation is 1. The van der Waals surface area contributed by atoms with Gasteiger partial charge in [-0.25, -0.2) is 9.67 Å². The fourth-order valence-corrected chi connectivity index (χ4v) is 2.32. The molecule has 0 spiro atoms.